The Kier molecular flexibility index (Phi) is 8.44. The highest BCUT2D eigenvalue weighted by molar-refractivity contribution is 6.34. The Labute approximate surface area is 164 Å². The number of halogens is 2. The van der Waals surface area contributed by atoms with E-state index in [4.69, 9.17) is 32.7 Å². The zero-order valence-corrected chi connectivity index (χ0v) is 16.7. The van der Waals surface area contributed by atoms with Gasteiger partial charge in [-0.1, -0.05) is 23.2 Å². The number of ether oxygens (including phenoxy) is 2. The largest absolute Gasteiger partial charge is 0.387 e. The molecule has 0 aromatic heterocycles. The van der Waals surface area contributed by atoms with Crippen molar-refractivity contribution in [3.63, 3.8) is 0 Å². The number of nitrogens with one attached hydrogen (secondary N) is 2. The second kappa shape index (κ2) is 10.3. The molecule has 6 nitrogen and oxygen atoms in total. The minimum Gasteiger partial charge on any atom is -0.387 e. The molecule has 8 heteroatoms. The minimum atomic E-state index is -0.755. The molecule has 1 unspecified atom stereocenters. The number of guanidine groups is 1. The molecular formula is C18H27Cl2N3O3. The lowest BCUT2D eigenvalue weighted by Gasteiger charge is -2.34. The number of aliphatic hydroxyl groups excluding tert-OH is 1. The van der Waals surface area contributed by atoms with Crippen LogP contribution in [0.15, 0.2) is 23.2 Å². The van der Waals surface area contributed by atoms with Crippen LogP contribution in [0.5, 0.6) is 0 Å². The first kappa shape index (κ1) is 21.3. The summed E-state index contributed by atoms with van der Waals surface area (Å²) in [4.78, 5) is 4.63. The lowest BCUT2D eigenvalue weighted by molar-refractivity contribution is -0.0828. The number of hydrogen-bond donors (Lipinski definition) is 3. The SMILES string of the molecule is CCNC(=NCC1(OC)CCOCC1)NCC(O)c1cc(Cl)cc(Cl)c1. The molecule has 1 atom stereocenters. The molecule has 0 aliphatic carbocycles. The number of hydrogen-bond acceptors (Lipinski definition) is 4. The quantitative estimate of drug-likeness (QED) is 0.482. The Balaban J connectivity index is 1.98. The van der Waals surface area contributed by atoms with Gasteiger partial charge in [-0.3, -0.25) is 4.99 Å². The van der Waals surface area contributed by atoms with Gasteiger partial charge < -0.3 is 25.2 Å². The van der Waals surface area contributed by atoms with Crippen LogP contribution in [0, 0.1) is 0 Å². The van der Waals surface area contributed by atoms with E-state index in [9.17, 15) is 5.11 Å². The van der Waals surface area contributed by atoms with E-state index in [1.54, 1.807) is 25.3 Å². The van der Waals surface area contributed by atoms with E-state index in [1.807, 2.05) is 6.92 Å². The van der Waals surface area contributed by atoms with Crippen molar-refractivity contribution in [2.45, 2.75) is 31.5 Å². The van der Waals surface area contributed by atoms with Crippen LogP contribution in [0.3, 0.4) is 0 Å². The summed E-state index contributed by atoms with van der Waals surface area (Å²) >= 11 is 12.0. The topological polar surface area (TPSA) is 75.1 Å². The van der Waals surface area contributed by atoms with Gasteiger partial charge in [-0.15, -0.1) is 0 Å². The zero-order valence-electron chi connectivity index (χ0n) is 15.2. The molecule has 0 radical (unpaired) electrons. The van der Waals surface area contributed by atoms with E-state index in [1.165, 1.54) is 0 Å². The highest BCUT2D eigenvalue weighted by Gasteiger charge is 2.32. The molecule has 3 N–H and O–H groups in total. The summed E-state index contributed by atoms with van der Waals surface area (Å²) in [5.41, 5.74) is 0.364. The van der Waals surface area contributed by atoms with Crippen LogP contribution in [-0.4, -0.2) is 56.6 Å². The zero-order chi connectivity index (χ0) is 19.0. The van der Waals surface area contributed by atoms with Crippen molar-refractivity contribution >= 4 is 29.2 Å². The Morgan fingerprint density at radius 2 is 1.92 bits per heavy atom. The molecule has 0 bridgehead atoms. The second-order valence-electron chi connectivity index (χ2n) is 6.29. The number of benzene rings is 1. The third-order valence-corrected chi connectivity index (χ3v) is 4.88. The Morgan fingerprint density at radius 1 is 1.27 bits per heavy atom. The van der Waals surface area contributed by atoms with Crippen molar-refractivity contribution in [3.8, 4) is 0 Å². The molecule has 0 amide bonds. The van der Waals surface area contributed by atoms with E-state index < -0.39 is 6.10 Å². The number of rotatable bonds is 7. The van der Waals surface area contributed by atoms with Crippen molar-refractivity contribution in [1.82, 2.24) is 10.6 Å². The lowest BCUT2D eigenvalue weighted by Crippen LogP contribution is -2.44. The van der Waals surface area contributed by atoms with E-state index in [2.05, 4.69) is 15.6 Å². The molecule has 2 rings (SSSR count). The third-order valence-electron chi connectivity index (χ3n) is 4.44. The fraction of sp³-hybridized carbons (Fsp3) is 0.611. The number of aliphatic imine (C=N–C) groups is 1. The number of aliphatic hydroxyl groups is 1. The molecule has 0 saturated carbocycles. The maximum atomic E-state index is 10.4. The summed E-state index contributed by atoms with van der Waals surface area (Å²) in [5, 5.41) is 17.7. The van der Waals surface area contributed by atoms with Crippen molar-refractivity contribution < 1.29 is 14.6 Å². The van der Waals surface area contributed by atoms with Crippen molar-refractivity contribution in [2.75, 3.05) is 40.0 Å². The van der Waals surface area contributed by atoms with Crippen molar-refractivity contribution in [1.29, 1.82) is 0 Å². The molecule has 1 fully saturated rings. The monoisotopic (exact) mass is 403 g/mol. The molecule has 1 aliphatic heterocycles. The maximum absolute atomic E-state index is 10.4. The lowest BCUT2D eigenvalue weighted by atomic mass is 9.94. The van der Waals surface area contributed by atoms with E-state index in [0.717, 1.165) is 12.8 Å². The first-order valence-electron chi connectivity index (χ1n) is 8.77. The van der Waals surface area contributed by atoms with Gasteiger partial charge in [0.05, 0.1) is 18.2 Å². The summed E-state index contributed by atoms with van der Waals surface area (Å²) in [6.45, 7) is 4.88. The van der Waals surface area contributed by atoms with Crippen LogP contribution in [0.1, 0.15) is 31.4 Å². The minimum absolute atomic E-state index is 0.283. The number of nitrogens with zero attached hydrogens (tertiary/aromatic N) is 1. The first-order valence-corrected chi connectivity index (χ1v) is 9.53. The molecule has 1 aromatic carbocycles. The first-order chi connectivity index (χ1) is 12.5. The summed E-state index contributed by atoms with van der Waals surface area (Å²) < 4.78 is 11.1. The van der Waals surface area contributed by atoms with Crippen LogP contribution in [0.2, 0.25) is 10.0 Å². The molecule has 146 valence electrons. The van der Waals surface area contributed by atoms with Gasteiger partial charge in [0, 0.05) is 56.3 Å². The highest BCUT2D eigenvalue weighted by Crippen LogP contribution is 2.25. The summed E-state index contributed by atoms with van der Waals surface area (Å²) in [7, 11) is 1.72. The molecule has 0 spiro atoms. The van der Waals surface area contributed by atoms with E-state index in [-0.39, 0.29) is 12.1 Å². The predicted octanol–water partition coefficient (Wildman–Crippen LogP) is 2.78. The molecule has 1 saturated heterocycles. The average Bonchev–Trinajstić information content (AvgIpc) is 2.63. The fourth-order valence-electron chi connectivity index (χ4n) is 2.81. The fourth-order valence-corrected chi connectivity index (χ4v) is 3.36. The predicted molar refractivity (Wildman–Crippen MR) is 105 cm³/mol. The van der Waals surface area contributed by atoms with Gasteiger partial charge in [-0.2, -0.15) is 0 Å². The standard InChI is InChI=1S/C18H27Cl2N3O3/c1-3-21-17(23-12-18(25-2)4-6-26-7-5-18)22-11-16(24)13-8-14(19)10-15(20)9-13/h8-10,16,24H,3-7,11-12H2,1-2H3,(H2,21,22,23). The van der Waals surface area contributed by atoms with Gasteiger partial charge in [0.25, 0.3) is 0 Å². The van der Waals surface area contributed by atoms with Gasteiger partial charge in [-0.05, 0) is 30.7 Å². The maximum Gasteiger partial charge on any atom is 0.191 e. The molecule has 1 heterocycles. The number of methoxy groups -OCH3 is 1. The van der Waals surface area contributed by atoms with Crippen LogP contribution in [0.25, 0.3) is 0 Å². The Morgan fingerprint density at radius 3 is 2.50 bits per heavy atom. The summed E-state index contributed by atoms with van der Waals surface area (Å²) in [5.74, 6) is 0.627. The summed E-state index contributed by atoms with van der Waals surface area (Å²) in [6, 6.07) is 5.04. The highest BCUT2D eigenvalue weighted by atomic mass is 35.5. The van der Waals surface area contributed by atoms with Gasteiger partial charge >= 0.3 is 0 Å². The van der Waals surface area contributed by atoms with Crippen molar-refractivity contribution in [2.24, 2.45) is 4.99 Å². The van der Waals surface area contributed by atoms with Gasteiger partial charge in [-0.25, -0.2) is 0 Å². The summed E-state index contributed by atoms with van der Waals surface area (Å²) in [6.07, 6.45) is 0.876. The third kappa shape index (κ3) is 6.28. The molecule has 26 heavy (non-hydrogen) atoms. The van der Waals surface area contributed by atoms with Gasteiger partial charge in [0.1, 0.15) is 0 Å². The van der Waals surface area contributed by atoms with Crippen molar-refractivity contribution in [3.05, 3.63) is 33.8 Å². The van der Waals surface area contributed by atoms with Gasteiger partial charge in [0.2, 0.25) is 0 Å². The van der Waals surface area contributed by atoms with Crippen LogP contribution in [0.4, 0.5) is 0 Å². The van der Waals surface area contributed by atoms with E-state index >= 15 is 0 Å². The second-order valence-corrected chi connectivity index (χ2v) is 7.17. The smallest absolute Gasteiger partial charge is 0.191 e. The van der Waals surface area contributed by atoms with E-state index in [0.29, 0.717) is 47.9 Å². The van der Waals surface area contributed by atoms with Gasteiger partial charge in [0.15, 0.2) is 5.96 Å². The Hall–Kier alpha value is -1.05. The van der Waals surface area contributed by atoms with Crippen LogP contribution >= 0.6 is 23.2 Å². The molecular weight excluding hydrogens is 377 g/mol. The van der Waals surface area contributed by atoms with Crippen LogP contribution in [-0.2, 0) is 9.47 Å². The van der Waals surface area contributed by atoms with Crippen LogP contribution < -0.4 is 10.6 Å². The normalized spacial score (nSPS) is 18.4. The average molecular weight is 404 g/mol. The molecule has 1 aromatic rings. The Bertz CT molecular complexity index is 587. The molecule has 1 aliphatic rings.